The van der Waals surface area contributed by atoms with Gasteiger partial charge in [0.05, 0.1) is 11.6 Å². The average Bonchev–Trinajstić information content (AvgIpc) is 2.45. The standard InChI is InChI=1S/C12H13F5N2OS/c1-20-5-4-19(3-2-6(18)21)12-10(16)8(14)7(13)9(15)11(12)17/h2-5H2,1H3,(H2,18,21). The van der Waals surface area contributed by atoms with E-state index >= 15 is 0 Å². The van der Waals surface area contributed by atoms with Gasteiger partial charge >= 0.3 is 0 Å². The van der Waals surface area contributed by atoms with E-state index in [9.17, 15) is 22.0 Å². The number of rotatable bonds is 7. The molecule has 1 aromatic carbocycles. The molecule has 21 heavy (non-hydrogen) atoms. The predicted molar refractivity (Wildman–Crippen MR) is 71.7 cm³/mol. The van der Waals surface area contributed by atoms with Gasteiger partial charge in [0.2, 0.25) is 5.82 Å². The highest BCUT2D eigenvalue weighted by Gasteiger charge is 2.28. The van der Waals surface area contributed by atoms with Gasteiger partial charge in [0, 0.05) is 26.6 Å². The molecule has 0 atom stereocenters. The van der Waals surface area contributed by atoms with Gasteiger partial charge in [-0.3, -0.25) is 0 Å². The van der Waals surface area contributed by atoms with E-state index in [-0.39, 0.29) is 31.1 Å². The van der Waals surface area contributed by atoms with E-state index in [0.717, 1.165) is 4.90 Å². The fourth-order valence-electron chi connectivity index (χ4n) is 1.65. The molecule has 0 aromatic heterocycles. The predicted octanol–water partition coefficient (Wildman–Crippen LogP) is 2.51. The first-order valence-corrected chi connectivity index (χ1v) is 6.25. The highest BCUT2D eigenvalue weighted by atomic mass is 32.1. The average molecular weight is 328 g/mol. The van der Waals surface area contributed by atoms with Crippen molar-refractivity contribution in [2.75, 3.05) is 31.7 Å². The number of hydrogen-bond acceptors (Lipinski definition) is 3. The minimum absolute atomic E-state index is 0.0246. The van der Waals surface area contributed by atoms with E-state index < -0.39 is 34.8 Å². The van der Waals surface area contributed by atoms with Gasteiger partial charge in [0.15, 0.2) is 23.3 Å². The van der Waals surface area contributed by atoms with Crippen LogP contribution in [-0.4, -0.2) is 31.8 Å². The zero-order chi connectivity index (χ0) is 16.2. The lowest BCUT2D eigenvalue weighted by Crippen LogP contribution is -2.33. The zero-order valence-corrected chi connectivity index (χ0v) is 11.9. The van der Waals surface area contributed by atoms with Crippen molar-refractivity contribution in [1.82, 2.24) is 0 Å². The molecule has 9 heteroatoms. The third-order valence-corrected chi connectivity index (χ3v) is 2.90. The summed E-state index contributed by atoms with van der Waals surface area (Å²) in [5.74, 6) is -9.99. The van der Waals surface area contributed by atoms with Gasteiger partial charge in [-0.1, -0.05) is 12.2 Å². The molecule has 0 amide bonds. The van der Waals surface area contributed by atoms with E-state index in [1.54, 1.807) is 0 Å². The third-order valence-electron chi connectivity index (χ3n) is 2.70. The lowest BCUT2D eigenvalue weighted by Gasteiger charge is -2.25. The van der Waals surface area contributed by atoms with Gasteiger partial charge in [0.25, 0.3) is 0 Å². The molecule has 0 radical (unpaired) electrons. The maximum atomic E-state index is 13.7. The minimum Gasteiger partial charge on any atom is -0.393 e. The van der Waals surface area contributed by atoms with E-state index in [1.807, 2.05) is 0 Å². The molecule has 0 saturated carbocycles. The van der Waals surface area contributed by atoms with Crippen LogP contribution in [0.1, 0.15) is 6.42 Å². The zero-order valence-electron chi connectivity index (χ0n) is 11.1. The fraction of sp³-hybridized carbons (Fsp3) is 0.417. The highest BCUT2D eigenvalue weighted by molar-refractivity contribution is 7.80. The maximum Gasteiger partial charge on any atom is 0.200 e. The number of anilines is 1. The number of ether oxygens (including phenoxy) is 1. The number of nitrogens with two attached hydrogens (primary N) is 1. The Hall–Kier alpha value is -1.48. The van der Waals surface area contributed by atoms with Crippen LogP contribution in [0, 0.1) is 29.1 Å². The van der Waals surface area contributed by atoms with Gasteiger partial charge < -0.3 is 15.4 Å². The van der Waals surface area contributed by atoms with Crippen molar-refractivity contribution in [2.24, 2.45) is 5.73 Å². The SMILES string of the molecule is COCCN(CCC(N)=S)c1c(F)c(F)c(F)c(F)c1F. The van der Waals surface area contributed by atoms with Crippen LogP contribution in [0.3, 0.4) is 0 Å². The number of halogens is 5. The minimum atomic E-state index is -2.20. The number of methoxy groups -OCH3 is 1. The number of nitrogens with zero attached hydrogens (tertiary/aromatic N) is 1. The van der Waals surface area contributed by atoms with Crippen LogP contribution < -0.4 is 10.6 Å². The molecule has 0 aliphatic rings. The molecule has 3 nitrogen and oxygen atoms in total. The molecular formula is C12H13F5N2OS. The molecule has 0 fully saturated rings. The lowest BCUT2D eigenvalue weighted by atomic mass is 10.2. The smallest absolute Gasteiger partial charge is 0.200 e. The van der Waals surface area contributed by atoms with Crippen LogP contribution in [0.15, 0.2) is 0 Å². The summed E-state index contributed by atoms with van der Waals surface area (Å²) >= 11 is 4.64. The van der Waals surface area contributed by atoms with Crippen molar-refractivity contribution in [3.05, 3.63) is 29.1 Å². The Morgan fingerprint density at radius 3 is 1.90 bits per heavy atom. The second kappa shape index (κ2) is 7.51. The van der Waals surface area contributed by atoms with Crippen LogP contribution in [0.4, 0.5) is 27.6 Å². The Bertz CT molecular complexity index is 512. The van der Waals surface area contributed by atoms with Crippen molar-refractivity contribution in [1.29, 1.82) is 0 Å². The molecule has 1 aromatic rings. The lowest BCUT2D eigenvalue weighted by molar-refractivity contribution is 0.205. The summed E-state index contributed by atoms with van der Waals surface area (Å²) in [4.78, 5) is 1.01. The van der Waals surface area contributed by atoms with Crippen molar-refractivity contribution in [3.8, 4) is 0 Å². The Morgan fingerprint density at radius 2 is 1.48 bits per heavy atom. The molecule has 0 spiro atoms. The number of hydrogen-bond donors (Lipinski definition) is 1. The van der Waals surface area contributed by atoms with Crippen LogP contribution in [0.25, 0.3) is 0 Å². The summed E-state index contributed by atoms with van der Waals surface area (Å²) < 4.78 is 71.7. The largest absolute Gasteiger partial charge is 0.393 e. The van der Waals surface area contributed by atoms with Crippen LogP contribution in [0.5, 0.6) is 0 Å². The molecule has 0 aliphatic carbocycles. The first-order chi connectivity index (χ1) is 9.81. The normalized spacial score (nSPS) is 10.8. The van der Waals surface area contributed by atoms with E-state index in [2.05, 4.69) is 12.2 Å². The molecule has 0 aliphatic heterocycles. The Balaban J connectivity index is 3.25. The molecule has 0 unspecified atom stereocenters. The molecule has 118 valence electrons. The quantitative estimate of drug-likeness (QED) is 0.361. The summed E-state index contributed by atoms with van der Waals surface area (Å²) in [6.07, 6.45) is 0.0541. The second-order valence-electron chi connectivity index (χ2n) is 4.11. The molecule has 2 N–H and O–H groups in total. The summed E-state index contributed by atoms with van der Waals surface area (Å²) in [6.45, 7) is -0.161. The Morgan fingerprint density at radius 1 is 1.00 bits per heavy atom. The van der Waals surface area contributed by atoms with E-state index in [1.165, 1.54) is 7.11 Å². The first-order valence-electron chi connectivity index (χ1n) is 5.84. The Kier molecular flexibility index (Phi) is 6.28. The topological polar surface area (TPSA) is 38.5 Å². The molecule has 1 rings (SSSR count). The van der Waals surface area contributed by atoms with Gasteiger partial charge in [-0.25, -0.2) is 22.0 Å². The summed E-state index contributed by atoms with van der Waals surface area (Å²) in [5, 5.41) is 0. The summed E-state index contributed by atoms with van der Waals surface area (Å²) in [7, 11) is 1.34. The van der Waals surface area contributed by atoms with Crippen LogP contribution in [0.2, 0.25) is 0 Å². The second-order valence-corrected chi connectivity index (χ2v) is 4.64. The van der Waals surface area contributed by atoms with E-state index in [0.29, 0.717) is 0 Å². The van der Waals surface area contributed by atoms with Crippen molar-refractivity contribution < 1.29 is 26.7 Å². The summed E-state index contributed by atoms with van der Waals surface area (Å²) in [5.41, 5.74) is 4.27. The van der Waals surface area contributed by atoms with Crippen molar-refractivity contribution >= 4 is 22.9 Å². The van der Waals surface area contributed by atoms with Crippen LogP contribution in [-0.2, 0) is 4.74 Å². The van der Waals surface area contributed by atoms with E-state index in [4.69, 9.17) is 10.5 Å². The number of benzene rings is 1. The molecule has 0 saturated heterocycles. The fourth-order valence-corrected chi connectivity index (χ4v) is 1.74. The van der Waals surface area contributed by atoms with Gasteiger partial charge in [-0.05, 0) is 0 Å². The van der Waals surface area contributed by atoms with Gasteiger partial charge in [0.1, 0.15) is 5.69 Å². The molecular weight excluding hydrogens is 315 g/mol. The highest BCUT2D eigenvalue weighted by Crippen LogP contribution is 2.30. The van der Waals surface area contributed by atoms with Crippen molar-refractivity contribution in [3.63, 3.8) is 0 Å². The summed E-state index contributed by atoms with van der Waals surface area (Å²) in [6, 6.07) is 0. The molecule has 0 heterocycles. The first kappa shape index (κ1) is 17.6. The Labute approximate surface area is 123 Å². The number of thiocarbonyl (C=S) groups is 1. The molecule has 0 bridgehead atoms. The van der Waals surface area contributed by atoms with Crippen LogP contribution >= 0.6 is 12.2 Å². The third kappa shape index (κ3) is 4.01. The van der Waals surface area contributed by atoms with Gasteiger partial charge in [-0.2, -0.15) is 0 Å². The monoisotopic (exact) mass is 328 g/mol. The van der Waals surface area contributed by atoms with Gasteiger partial charge in [-0.15, -0.1) is 0 Å². The van der Waals surface area contributed by atoms with Crippen molar-refractivity contribution in [2.45, 2.75) is 6.42 Å². The maximum absolute atomic E-state index is 13.7.